The number of hydrogen-bond acceptors (Lipinski definition) is 3. The van der Waals surface area contributed by atoms with E-state index < -0.39 is 5.60 Å². The molecule has 0 spiro atoms. The first kappa shape index (κ1) is 15.6. The maximum Gasteiger partial charge on any atom is 0.266 e. The second-order valence-corrected chi connectivity index (χ2v) is 7.38. The van der Waals surface area contributed by atoms with Crippen molar-refractivity contribution in [2.75, 3.05) is 13.1 Å². The zero-order valence-corrected chi connectivity index (χ0v) is 13.8. The number of amides is 1. The van der Waals surface area contributed by atoms with Gasteiger partial charge >= 0.3 is 0 Å². The van der Waals surface area contributed by atoms with E-state index in [1.807, 2.05) is 18.7 Å². The molecular weight excluding hydrogens is 300 g/mol. The minimum Gasteiger partial charge on any atom is -0.478 e. The number of nitrogens with zero attached hydrogens (tertiary/aromatic N) is 1. The van der Waals surface area contributed by atoms with Gasteiger partial charge in [0.15, 0.2) is 5.60 Å². The van der Waals surface area contributed by atoms with Crippen molar-refractivity contribution in [3.63, 3.8) is 0 Å². The summed E-state index contributed by atoms with van der Waals surface area (Å²) in [6.07, 6.45) is 2.22. The Morgan fingerprint density at radius 1 is 1.27 bits per heavy atom. The lowest BCUT2D eigenvalue weighted by Gasteiger charge is -2.30. The second kappa shape index (κ2) is 5.74. The second-order valence-electron chi connectivity index (χ2n) is 6.94. The van der Waals surface area contributed by atoms with Gasteiger partial charge in [0.05, 0.1) is 0 Å². The number of hydrogen-bond donors (Lipinski definition) is 1. The molecule has 2 aliphatic rings. The molecule has 3 rings (SSSR count). The molecule has 120 valence electrons. The molecule has 3 unspecified atom stereocenters. The van der Waals surface area contributed by atoms with Gasteiger partial charge in [-0.05, 0) is 62.8 Å². The summed E-state index contributed by atoms with van der Waals surface area (Å²) in [6, 6.07) is 7.33. The summed E-state index contributed by atoms with van der Waals surface area (Å²) < 4.78 is 5.90. The Morgan fingerprint density at radius 3 is 2.59 bits per heavy atom. The highest BCUT2D eigenvalue weighted by Gasteiger charge is 2.45. The van der Waals surface area contributed by atoms with E-state index in [0.29, 0.717) is 22.6 Å². The molecule has 0 bridgehead atoms. The zero-order valence-electron chi connectivity index (χ0n) is 13.1. The molecule has 1 aromatic rings. The fourth-order valence-electron chi connectivity index (χ4n) is 3.70. The van der Waals surface area contributed by atoms with Crippen LogP contribution in [0.15, 0.2) is 24.3 Å². The Labute approximate surface area is 136 Å². The van der Waals surface area contributed by atoms with Crippen molar-refractivity contribution in [2.45, 2.75) is 38.3 Å². The molecule has 5 heteroatoms. The third-order valence-corrected chi connectivity index (χ3v) is 5.15. The molecular formula is C17H23ClN2O2. The van der Waals surface area contributed by atoms with Gasteiger partial charge < -0.3 is 15.4 Å². The van der Waals surface area contributed by atoms with Gasteiger partial charge in [-0.25, -0.2) is 0 Å². The van der Waals surface area contributed by atoms with Crippen molar-refractivity contribution in [3.8, 4) is 5.75 Å². The van der Waals surface area contributed by atoms with E-state index in [4.69, 9.17) is 22.1 Å². The van der Waals surface area contributed by atoms with Gasteiger partial charge in [-0.15, -0.1) is 0 Å². The van der Waals surface area contributed by atoms with Gasteiger partial charge in [0.25, 0.3) is 5.91 Å². The Hall–Kier alpha value is -1.26. The first-order valence-corrected chi connectivity index (χ1v) is 8.24. The highest BCUT2D eigenvalue weighted by Crippen LogP contribution is 2.38. The molecule has 2 fully saturated rings. The number of likely N-dealkylation sites (tertiary alicyclic amines) is 1. The van der Waals surface area contributed by atoms with E-state index in [1.54, 1.807) is 24.3 Å². The SMILES string of the molecule is CC(C)(Oc1ccc(Cl)cc1)C(=O)N1CC2CCC(N)C2C1. The Bertz CT molecular complexity index is 558. The number of rotatable bonds is 3. The van der Waals surface area contributed by atoms with Crippen molar-refractivity contribution in [1.82, 2.24) is 4.90 Å². The number of carbonyl (C=O) groups is 1. The smallest absolute Gasteiger partial charge is 0.266 e. The molecule has 1 saturated heterocycles. The van der Waals surface area contributed by atoms with E-state index in [1.165, 1.54) is 0 Å². The molecule has 1 aromatic carbocycles. The summed E-state index contributed by atoms with van der Waals surface area (Å²) in [5, 5.41) is 0.651. The summed E-state index contributed by atoms with van der Waals surface area (Å²) in [7, 11) is 0. The van der Waals surface area contributed by atoms with E-state index in [0.717, 1.165) is 25.9 Å². The molecule has 3 atom stereocenters. The lowest BCUT2D eigenvalue weighted by molar-refractivity contribution is -0.144. The molecule has 1 heterocycles. The van der Waals surface area contributed by atoms with Crippen LogP contribution in [-0.2, 0) is 4.79 Å². The van der Waals surface area contributed by atoms with Crippen molar-refractivity contribution in [1.29, 1.82) is 0 Å². The van der Waals surface area contributed by atoms with Crippen LogP contribution in [0.4, 0.5) is 0 Å². The average molecular weight is 323 g/mol. The third kappa shape index (κ3) is 2.95. The topological polar surface area (TPSA) is 55.6 Å². The summed E-state index contributed by atoms with van der Waals surface area (Å²) >= 11 is 5.87. The first-order valence-electron chi connectivity index (χ1n) is 7.86. The van der Waals surface area contributed by atoms with Crippen LogP contribution in [0.25, 0.3) is 0 Å². The number of carbonyl (C=O) groups excluding carboxylic acids is 1. The normalized spacial score (nSPS) is 27.8. The first-order chi connectivity index (χ1) is 10.4. The lowest BCUT2D eigenvalue weighted by Crippen LogP contribution is -2.48. The quantitative estimate of drug-likeness (QED) is 0.931. The predicted molar refractivity (Wildman–Crippen MR) is 86.9 cm³/mol. The van der Waals surface area contributed by atoms with Gasteiger partial charge in [0.1, 0.15) is 5.75 Å². The van der Waals surface area contributed by atoms with Crippen LogP contribution in [-0.4, -0.2) is 35.5 Å². The molecule has 1 saturated carbocycles. The monoisotopic (exact) mass is 322 g/mol. The number of fused-ring (bicyclic) bond motifs is 1. The van der Waals surface area contributed by atoms with Gasteiger partial charge in [0, 0.05) is 24.2 Å². The molecule has 4 nitrogen and oxygen atoms in total. The summed E-state index contributed by atoms with van der Waals surface area (Å²) in [6.45, 7) is 5.21. The lowest BCUT2D eigenvalue weighted by atomic mass is 9.98. The molecule has 22 heavy (non-hydrogen) atoms. The van der Waals surface area contributed by atoms with E-state index in [9.17, 15) is 4.79 Å². The Morgan fingerprint density at radius 2 is 1.95 bits per heavy atom. The minimum absolute atomic E-state index is 0.0315. The molecule has 2 N–H and O–H groups in total. The Kier molecular flexibility index (Phi) is 4.08. The van der Waals surface area contributed by atoms with Crippen molar-refractivity contribution < 1.29 is 9.53 Å². The molecule has 1 amide bonds. The summed E-state index contributed by atoms with van der Waals surface area (Å²) in [5.41, 5.74) is 5.26. The average Bonchev–Trinajstić information content (AvgIpc) is 3.03. The molecule has 0 aromatic heterocycles. The summed E-state index contributed by atoms with van der Waals surface area (Å²) in [5.74, 6) is 1.70. The number of nitrogens with two attached hydrogens (primary N) is 1. The van der Waals surface area contributed by atoms with Crippen molar-refractivity contribution in [2.24, 2.45) is 17.6 Å². The predicted octanol–water partition coefficient (Wildman–Crippen LogP) is 2.69. The van der Waals surface area contributed by atoms with Crippen LogP contribution in [0.2, 0.25) is 5.02 Å². The zero-order chi connectivity index (χ0) is 15.9. The van der Waals surface area contributed by atoms with Crippen LogP contribution in [0, 0.1) is 11.8 Å². The van der Waals surface area contributed by atoms with E-state index in [2.05, 4.69) is 0 Å². The number of benzene rings is 1. The van der Waals surface area contributed by atoms with Crippen LogP contribution in [0.3, 0.4) is 0 Å². The van der Waals surface area contributed by atoms with Gasteiger partial charge in [0.2, 0.25) is 0 Å². The number of halogens is 1. The summed E-state index contributed by atoms with van der Waals surface area (Å²) in [4.78, 5) is 14.7. The maximum absolute atomic E-state index is 12.8. The molecule has 0 radical (unpaired) electrons. The fraction of sp³-hybridized carbons (Fsp3) is 0.588. The highest BCUT2D eigenvalue weighted by atomic mass is 35.5. The highest BCUT2D eigenvalue weighted by molar-refractivity contribution is 6.30. The Balaban J connectivity index is 1.67. The largest absolute Gasteiger partial charge is 0.478 e. The van der Waals surface area contributed by atoms with Crippen LogP contribution >= 0.6 is 11.6 Å². The van der Waals surface area contributed by atoms with Gasteiger partial charge in [-0.1, -0.05) is 11.6 Å². The van der Waals surface area contributed by atoms with E-state index in [-0.39, 0.29) is 11.9 Å². The van der Waals surface area contributed by atoms with E-state index >= 15 is 0 Å². The van der Waals surface area contributed by atoms with Gasteiger partial charge in [-0.3, -0.25) is 4.79 Å². The van der Waals surface area contributed by atoms with Crippen molar-refractivity contribution >= 4 is 17.5 Å². The van der Waals surface area contributed by atoms with Crippen LogP contribution < -0.4 is 10.5 Å². The molecule has 1 aliphatic heterocycles. The van der Waals surface area contributed by atoms with Crippen molar-refractivity contribution in [3.05, 3.63) is 29.3 Å². The van der Waals surface area contributed by atoms with Crippen LogP contribution in [0.1, 0.15) is 26.7 Å². The maximum atomic E-state index is 12.8. The molecule has 1 aliphatic carbocycles. The standard InChI is InChI=1S/C17H23ClN2O2/c1-17(2,22-13-6-4-12(18)5-7-13)16(21)20-9-11-3-8-15(19)14(11)10-20/h4-7,11,14-15H,3,8-10,19H2,1-2H3. The van der Waals surface area contributed by atoms with Crippen LogP contribution in [0.5, 0.6) is 5.75 Å². The number of ether oxygens (including phenoxy) is 1. The minimum atomic E-state index is -0.892. The fourth-order valence-corrected chi connectivity index (χ4v) is 3.82. The third-order valence-electron chi connectivity index (χ3n) is 4.90. The van der Waals surface area contributed by atoms with Gasteiger partial charge in [-0.2, -0.15) is 0 Å².